The van der Waals surface area contributed by atoms with Crippen molar-refractivity contribution >= 4 is 11.9 Å². The number of hydrogen-bond donors (Lipinski definition) is 2. The van der Waals surface area contributed by atoms with E-state index in [2.05, 4.69) is 36.5 Å². The number of carboxylic acid groups (broad SMARTS) is 1. The highest BCUT2D eigenvalue weighted by Gasteiger charge is 2.19. The van der Waals surface area contributed by atoms with Crippen LogP contribution >= 0.6 is 0 Å². The number of benzene rings is 2. The van der Waals surface area contributed by atoms with Gasteiger partial charge in [-0.15, -0.1) is 0 Å². The number of nitrogens with one attached hydrogen (secondary N) is 1. The number of carbonyl (C=O) groups is 2. The van der Waals surface area contributed by atoms with Crippen LogP contribution < -0.4 is 10.1 Å². The van der Waals surface area contributed by atoms with Gasteiger partial charge in [0.05, 0.1) is 0 Å². The number of carboxylic acids is 1. The molecule has 142 valence electrons. The summed E-state index contributed by atoms with van der Waals surface area (Å²) in [7, 11) is 0. The van der Waals surface area contributed by atoms with Crippen molar-refractivity contribution < 1.29 is 19.4 Å². The largest absolute Gasteiger partial charge is 0.490 e. The molecule has 27 heavy (non-hydrogen) atoms. The Balaban J connectivity index is 1.50. The van der Waals surface area contributed by atoms with Crippen LogP contribution in [0.15, 0.2) is 42.5 Å². The van der Waals surface area contributed by atoms with Crippen LogP contribution in [-0.4, -0.2) is 23.1 Å². The molecule has 2 aromatic rings. The number of ether oxygens (including phenoxy) is 1. The van der Waals surface area contributed by atoms with Crippen LogP contribution in [0.4, 0.5) is 0 Å². The lowest BCUT2D eigenvalue weighted by molar-refractivity contribution is -0.137. The first-order valence-corrected chi connectivity index (χ1v) is 9.38. The molecule has 0 fully saturated rings. The van der Waals surface area contributed by atoms with E-state index in [4.69, 9.17) is 9.84 Å². The minimum atomic E-state index is -0.819. The average molecular weight is 367 g/mol. The van der Waals surface area contributed by atoms with Gasteiger partial charge in [0.15, 0.2) is 0 Å². The number of fused-ring (bicyclic) bond motifs is 1. The Morgan fingerprint density at radius 3 is 2.52 bits per heavy atom. The van der Waals surface area contributed by atoms with E-state index < -0.39 is 5.97 Å². The molecule has 5 heteroatoms. The van der Waals surface area contributed by atoms with Crippen molar-refractivity contribution in [1.82, 2.24) is 5.32 Å². The van der Waals surface area contributed by atoms with Crippen LogP contribution in [0.1, 0.15) is 43.7 Å². The van der Waals surface area contributed by atoms with Crippen LogP contribution in [0.2, 0.25) is 0 Å². The third-order valence-electron chi connectivity index (χ3n) is 4.72. The van der Waals surface area contributed by atoms with E-state index in [1.165, 1.54) is 11.1 Å². The first-order valence-electron chi connectivity index (χ1n) is 9.38. The second kappa shape index (κ2) is 8.71. The normalized spacial score (nSPS) is 15.1. The highest BCUT2D eigenvalue weighted by molar-refractivity contribution is 5.76. The number of carbonyl (C=O) groups excluding carboxylic acids is 1. The standard InChI is InChI=1S/C22H25NO4/c1-15-12-19-13-18(10-11-20(19)27-15)17-8-6-16(7-9-17)14-23-21(24)4-2-3-5-22(25)26/h6-11,13,15H,2-5,12,14H2,1H3,(H,23,24)(H,25,26). The van der Waals surface area contributed by atoms with E-state index in [1.54, 1.807) is 0 Å². The molecule has 3 rings (SSSR count). The molecule has 0 saturated heterocycles. The Morgan fingerprint density at radius 1 is 1.07 bits per heavy atom. The van der Waals surface area contributed by atoms with E-state index in [0.29, 0.717) is 25.8 Å². The Kier molecular flexibility index (Phi) is 6.12. The molecule has 2 aromatic carbocycles. The Morgan fingerprint density at radius 2 is 1.78 bits per heavy atom. The topological polar surface area (TPSA) is 75.6 Å². The third kappa shape index (κ3) is 5.33. The number of amides is 1. The predicted octanol–water partition coefficient (Wildman–Crippen LogP) is 3.94. The van der Waals surface area contributed by atoms with E-state index in [0.717, 1.165) is 23.3 Å². The average Bonchev–Trinajstić information content (AvgIpc) is 3.03. The molecule has 0 radical (unpaired) electrons. The first kappa shape index (κ1) is 19.0. The maximum Gasteiger partial charge on any atom is 0.303 e. The van der Waals surface area contributed by atoms with Crippen LogP contribution in [-0.2, 0) is 22.6 Å². The smallest absolute Gasteiger partial charge is 0.303 e. The molecule has 1 heterocycles. The first-order chi connectivity index (χ1) is 13.0. The predicted molar refractivity (Wildman–Crippen MR) is 104 cm³/mol. The summed E-state index contributed by atoms with van der Waals surface area (Å²) in [5.74, 6) is 0.118. The summed E-state index contributed by atoms with van der Waals surface area (Å²) in [5, 5.41) is 11.5. The van der Waals surface area contributed by atoms with Crippen molar-refractivity contribution in [3.05, 3.63) is 53.6 Å². The van der Waals surface area contributed by atoms with Gasteiger partial charge >= 0.3 is 5.97 Å². The fraction of sp³-hybridized carbons (Fsp3) is 0.364. The van der Waals surface area contributed by atoms with Gasteiger partial charge in [-0.1, -0.05) is 30.3 Å². The van der Waals surface area contributed by atoms with E-state index >= 15 is 0 Å². The molecular weight excluding hydrogens is 342 g/mol. The molecule has 1 aliphatic heterocycles. The molecule has 2 N–H and O–H groups in total. The van der Waals surface area contributed by atoms with Crippen LogP contribution in [0.3, 0.4) is 0 Å². The van der Waals surface area contributed by atoms with Crippen molar-refractivity contribution in [2.75, 3.05) is 0 Å². The van der Waals surface area contributed by atoms with Gasteiger partial charge in [-0.2, -0.15) is 0 Å². The lowest BCUT2D eigenvalue weighted by atomic mass is 10.00. The summed E-state index contributed by atoms with van der Waals surface area (Å²) >= 11 is 0. The monoisotopic (exact) mass is 367 g/mol. The molecule has 1 unspecified atom stereocenters. The summed E-state index contributed by atoms with van der Waals surface area (Å²) in [4.78, 5) is 22.3. The summed E-state index contributed by atoms with van der Waals surface area (Å²) < 4.78 is 5.75. The minimum absolute atomic E-state index is 0.0443. The van der Waals surface area contributed by atoms with Crippen molar-refractivity contribution in [2.45, 2.75) is 51.7 Å². The maximum absolute atomic E-state index is 11.8. The van der Waals surface area contributed by atoms with E-state index in [-0.39, 0.29) is 18.4 Å². The van der Waals surface area contributed by atoms with E-state index in [1.807, 2.05) is 18.2 Å². The highest BCUT2D eigenvalue weighted by Crippen LogP contribution is 2.32. The van der Waals surface area contributed by atoms with Crippen molar-refractivity contribution in [2.24, 2.45) is 0 Å². The van der Waals surface area contributed by atoms with Gasteiger partial charge in [-0.25, -0.2) is 0 Å². The van der Waals surface area contributed by atoms with Gasteiger partial charge in [-0.3, -0.25) is 9.59 Å². The van der Waals surface area contributed by atoms with Crippen LogP contribution in [0.25, 0.3) is 11.1 Å². The summed E-state index contributed by atoms with van der Waals surface area (Å²) in [6.45, 7) is 2.56. The zero-order chi connectivity index (χ0) is 19.2. The molecule has 1 atom stereocenters. The zero-order valence-electron chi connectivity index (χ0n) is 15.5. The molecule has 0 aromatic heterocycles. The Hall–Kier alpha value is -2.82. The van der Waals surface area contributed by atoms with Crippen molar-refractivity contribution in [3.8, 4) is 16.9 Å². The Bertz CT molecular complexity index is 814. The van der Waals surface area contributed by atoms with Crippen LogP contribution in [0, 0.1) is 0 Å². The quantitative estimate of drug-likeness (QED) is 0.693. The molecule has 0 saturated carbocycles. The summed E-state index contributed by atoms with van der Waals surface area (Å²) in [6.07, 6.45) is 2.79. The van der Waals surface area contributed by atoms with E-state index in [9.17, 15) is 9.59 Å². The second-order valence-electron chi connectivity index (χ2n) is 7.03. The summed E-state index contributed by atoms with van der Waals surface area (Å²) in [6, 6.07) is 14.5. The number of unbranched alkanes of at least 4 members (excludes halogenated alkanes) is 1. The van der Waals surface area contributed by atoms with Crippen molar-refractivity contribution in [3.63, 3.8) is 0 Å². The molecule has 1 amide bonds. The molecular formula is C22H25NO4. The lowest BCUT2D eigenvalue weighted by Crippen LogP contribution is -2.22. The number of rotatable bonds is 8. The highest BCUT2D eigenvalue weighted by atomic mass is 16.5. The van der Waals surface area contributed by atoms with Crippen LogP contribution in [0.5, 0.6) is 5.75 Å². The molecule has 0 bridgehead atoms. The SMILES string of the molecule is CC1Cc2cc(-c3ccc(CNC(=O)CCCCC(=O)O)cc3)ccc2O1. The van der Waals surface area contributed by atoms with Gasteiger partial charge in [0.2, 0.25) is 5.91 Å². The molecule has 1 aliphatic rings. The van der Waals surface area contributed by atoms with Gasteiger partial charge in [0, 0.05) is 25.8 Å². The maximum atomic E-state index is 11.8. The van der Waals surface area contributed by atoms with Crippen molar-refractivity contribution in [1.29, 1.82) is 0 Å². The molecule has 0 spiro atoms. The Labute approximate surface area is 159 Å². The second-order valence-corrected chi connectivity index (χ2v) is 7.03. The molecule has 0 aliphatic carbocycles. The third-order valence-corrected chi connectivity index (χ3v) is 4.72. The van der Waals surface area contributed by atoms with Gasteiger partial charge in [0.1, 0.15) is 11.9 Å². The summed E-state index contributed by atoms with van der Waals surface area (Å²) in [5.41, 5.74) is 4.59. The fourth-order valence-corrected chi connectivity index (χ4v) is 3.27. The number of aliphatic carboxylic acids is 1. The fourth-order valence-electron chi connectivity index (χ4n) is 3.27. The van der Waals surface area contributed by atoms with Gasteiger partial charge in [-0.05, 0) is 54.2 Å². The minimum Gasteiger partial charge on any atom is -0.490 e. The zero-order valence-corrected chi connectivity index (χ0v) is 15.5. The number of hydrogen-bond acceptors (Lipinski definition) is 3. The molecule has 5 nitrogen and oxygen atoms in total. The van der Waals surface area contributed by atoms with Gasteiger partial charge < -0.3 is 15.2 Å². The van der Waals surface area contributed by atoms with Gasteiger partial charge in [0.25, 0.3) is 0 Å². The lowest BCUT2D eigenvalue weighted by Gasteiger charge is -2.08.